The molecule has 0 bridgehead atoms. The van der Waals surface area contributed by atoms with Crippen LogP contribution in [0.1, 0.15) is 26.7 Å². The second kappa shape index (κ2) is 2.70. The van der Waals surface area contributed by atoms with Gasteiger partial charge in [-0.05, 0) is 13.0 Å². The summed E-state index contributed by atoms with van der Waals surface area (Å²) in [5.41, 5.74) is -0.604. The quantitative estimate of drug-likeness (QED) is 0.576. The van der Waals surface area contributed by atoms with Gasteiger partial charge in [0.25, 0.3) is 5.92 Å². The van der Waals surface area contributed by atoms with Crippen LogP contribution in [0.2, 0.25) is 0 Å². The molecule has 1 aliphatic heterocycles. The molecule has 1 unspecified atom stereocenters. The zero-order chi connectivity index (χ0) is 8.54. The first-order chi connectivity index (χ1) is 5.16. The Hall–Kier alpha value is -0.180. The summed E-state index contributed by atoms with van der Waals surface area (Å²) >= 11 is 0. The molecule has 0 aromatic heterocycles. The van der Waals surface area contributed by atoms with Crippen molar-refractivity contribution in [1.82, 2.24) is 5.32 Å². The second-order valence-corrected chi connectivity index (χ2v) is 3.09. The number of alkyl halides is 2. The first-order valence-electron chi connectivity index (χ1n) is 4.25. The molecule has 66 valence electrons. The van der Waals surface area contributed by atoms with E-state index < -0.39 is 11.3 Å². The van der Waals surface area contributed by atoms with Crippen molar-refractivity contribution >= 4 is 0 Å². The van der Waals surface area contributed by atoms with Crippen LogP contribution in [-0.2, 0) is 0 Å². The molecule has 1 atom stereocenters. The summed E-state index contributed by atoms with van der Waals surface area (Å²) in [4.78, 5) is 0. The fourth-order valence-electron chi connectivity index (χ4n) is 1.59. The maximum absolute atomic E-state index is 12.5. The van der Waals surface area contributed by atoms with E-state index in [0.29, 0.717) is 13.0 Å². The second-order valence-electron chi connectivity index (χ2n) is 3.09. The normalized spacial score (nSPS) is 38.2. The Bertz CT molecular complexity index is 134. The van der Waals surface area contributed by atoms with Crippen molar-refractivity contribution in [3.8, 4) is 0 Å². The van der Waals surface area contributed by atoms with Crippen molar-refractivity contribution in [2.45, 2.75) is 32.6 Å². The Labute approximate surface area is 66.2 Å². The van der Waals surface area contributed by atoms with E-state index in [1.54, 1.807) is 0 Å². The van der Waals surface area contributed by atoms with Crippen LogP contribution in [-0.4, -0.2) is 19.0 Å². The molecule has 3 heteroatoms. The molecule has 1 aliphatic carbocycles. The zero-order valence-corrected chi connectivity index (χ0v) is 7.08. The highest BCUT2D eigenvalue weighted by Gasteiger charge is 2.71. The summed E-state index contributed by atoms with van der Waals surface area (Å²) in [5.74, 6) is -2.34. The van der Waals surface area contributed by atoms with E-state index in [0.717, 1.165) is 6.54 Å². The van der Waals surface area contributed by atoms with Crippen molar-refractivity contribution in [3.05, 3.63) is 0 Å². The lowest BCUT2D eigenvalue weighted by Crippen LogP contribution is -2.15. The van der Waals surface area contributed by atoms with Gasteiger partial charge in [0.15, 0.2) is 0 Å². The van der Waals surface area contributed by atoms with Crippen molar-refractivity contribution in [2.75, 3.05) is 13.1 Å². The third kappa shape index (κ3) is 1.26. The molecule has 0 amide bonds. The van der Waals surface area contributed by atoms with Crippen LogP contribution in [0.4, 0.5) is 8.78 Å². The molecule has 2 fully saturated rings. The van der Waals surface area contributed by atoms with Crippen LogP contribution >= 0.6 is 0 Å². The summed E-state index contributed by atoms with van der Waals surface area (Å²) in [6, 6.07) is 0. The largest absolute Gasteiger partial charge is 0.316 e. The number of rotatable bonds is 0. The van der Waals surface area contributed by atoms with Gasteiger partial charge in [0.05, 0.1) is 5.41 Å². The van der Waals surface area contributed by atoms with Crippen molar-refractivity contribution in [2.24, 2.45) is 5.41 Å². The maximum Gasteiger partial charge on any atom is 0.255 e. The lowest BCUT2D eigenvalue weighted by atomic mass is 10.1. The van der Waals surface area contributed by atoms with E-state index in [-0.39, 0.29) is 6.42 Å². The molecule has 1 nitrogen and oxygen atoms in total. The first-order valence-corrected chi connectivity index (χ1v) is 4.25. The van der Waals surface area contributed by atoms with Gasteiger partial charge < -0.3 is 5.32 Å². The van der Waals surface area contributed by atoms with Crippen molar-refractivity contribution < 1.29 is 8.78 Å². The first kappa shape index (κ1) is 8.91. The third-order valence-electron chi connectivity index (χ3n) is 2.46. The molecule has 1 N–H and O–H groups in total. The molecule has 0 aromatic rings. The fraction of sp³-hybridized carbons (Fsp3) is 1.00. The van der Waals surface area contributed by atoms with Gasteiger partial charge in [-0.15, -0.1) is 0 Å². The summed E-state index contributed by atoms with van der Waals surface area (Å²) in [7, 11) is 0. The zero-order valence-electron chi connectivity index (χ0n) is 7.08. The van der Waals surface area contributed by atoms with Gasteiger partial charge in [-0.2, -0.15) is 0 Å². The number of hydrogen-bond donors (Lipinski definition) is 1. The van der Waals surface area contributed by atoms with Gasteiger partial charge in [0.1, 0.15) is 0 Å². The highest BCUT2D eigenvalue weighted by molar-refractivity contribution is 5.13. The van der Waals surface area contributed by atoms with E-state index >= 15 is 0 Å². The minimum atomic E-state index is -2.34. The van der Waals surface area contributed by atoms with Gasteiger partial charge in [0, 0.05) is 13.0 Å². The molecule has 1 heterocycles. The minimum absolute atomic E-state index is 0.118. The highest BCUT2D eigenvalue weighted by Crippen LogP contribution is 2.63. The SMILES string of the molecule is CC.FC1(F)CC12CCNC2. The number of nitrogens with one attached hydrogen (secondary N) is 1. The smallest absolute Gasteiger partial charge is 0.255 e. The summed E-state index contributed by atoms with van der Waals surface area (Å²) < 4.78 is 24.9. The van der Waals surface area contributed by atoms with Crippen LogP contribution in [0.15, 0.2) is 0 Å². The van der Waals surface area contributed by atoms with E-state index in [4.69, 9.17) is 0 Å². The predicted octanol–water partition coefficient (Wildman–Crippen LogP) is 2.03. The van der Waals surface area contributed by atoms with E-state index in [9.17, 15) is 8.78 Å². The average Bonchev–Trinajstić information content (AvgIpc) is 2.34. The summed E-state index contributed by atoms with van der Waals surface area (Å²) in [5, 5.41) is 2.95. The summed E-state index contributed by atoms with van der Waals surface area (Å²) in [6.07, 6.45) is 0.785. The molecule has 2 aliphatic rings. The molecule has 1 saturated carbocycles. The van der Waals surface area contributed by atoms with E-state index in [1.165, 1.54) is 0 Å². The van der Waals surface area contributed by atoms with Crippen LogP contribution in [0.25, 0.3) is 0 Å². The van der Waals surface area contributed by atoms with E-state index in [2.05, 4.69) is 5.32 Å². The van der Waals surface area contributed by atoms with Gasteiger partial charge >= 0.3 is 0 Å². The Kier molecular flexibility index (Phi) is 2.19. The fourth-order valence-corrected chi connectivity index (χ4v) is 1.59. The lowest BCUT2D eigenvalue weighted by molar-refractivity contribution is 0.0705. The maximum atomic E-state index is 12.5. The molecule has 1 spiro atoms. The van der Waals surface area contributed by atoms with Crippen molar-refractivity contribution in [3.63, 3.8) is 0 Å². The van der Waals surface area contributed by atoms with Gasteiger partial charge in [-0.3, -0.25) is 0 Å². The molecule has 0 radical (unpaired) electrons. The molecule has 11 heavy (non-hydrogen) atoms. The highest BCUT2D eigenvalue weighted by atomic mass is 19.3. The summed E-state index contributed by atoms with van der Waals surface area (Å²) in [6.45, 7) is 5.30. The van der Waals surface area contributed by atoms with E-state index in [1.807, 2.05) is 13.8 Å². The molecule has 2 rings (SSSR count). The standard InChI is InChI=1S/C6H9F2N.C2H6/c7-6(8)3-5(6)1-2-9-4-5;1-2/h9H,1-4H2;1-2H3. The Balaban J connectivity index is 0.000000281. The number of hydrogen-bond acceptors (Lipinski definition) is 1. The van der Waals surface area contributed by atoms with Gasteiger partial charge in [-0.25, -0.2) is 8.78 Å². The Morgan fingerprint density at radius 2 is 1.82 bits per heavy atom. The lowest BCUT2D eigenvalue weighted by Gasteiger charge is -2.02. The number of halogens is 2. The van der Waals surface area contributed by atoms with Crippen molar-refractivity contribution in [1.29, 1.82) is 0 Å². The van der Waals surface area contributed by atoms with Gasteiger partial charge in [0.2, 0.25) is 0 Å². The molecular formula is C8H15F2N. The van der Waals surface area contributed by atoms with Crippen LogP contribution < -0.4 is 5.32 Å². The van der Waals surface area contributed by atoms with Crippen LogP contribution in [0.3, 0.4) is 0 Å². The molecular weight excluding hydrogens is 148 g/mol. The molecule has 1 saturated heterocycles. The minimum Gasteiger partial charge on any atom is -0.316 e. The van der Waals surface area contributed by atoms with Crippen LogP contribution in [0, 0.1) is 5.41 Å². The molecule has 0 aromatic carbocycles. The van der Waals surface area contributed by atoms with Gasteiger partial charge in [-0.1, -0.05) is 13.8 Å². The third-order valence-corrected chi connectivity index (χ3v) is 2.46. The average molecular weight is 163 g/mol. The predicted molar refractivity (Wildman–Crippen MR) is 40.8 cm³/mol. The topological polar surface area (TPSA) is 12.0 Å². The Morgan fingerprint density at radius 3 is 2.00 bits per heavy atom. The monoisotopic (exact) mass is 163 g/mol. The Morgan fingerprint density at radius 1 is 1.27 bits per heavy atom. The van der Waals surface area contributed by atoms with Crippen LogP contribution in [0.5, 0.6) is 0 Å².